The van der Waals surface area contributed by atoms with Gasteiger partial charge in [-0.15, -0.1) is 0 Å². The molecule has 0 saturated heterocycles. The zero-order valence-electron chi connectivity index (χ0n) is 20.0. The summed E-state index contributed by atoms with van der Waals surface area (Å²) in [5.41, 5.74) is 1.26. The zero-order chi connectivity index (χ0) is 25.3. The number of pyridine rings is 1. The number of aromatic nitrogens is 5. The van der Waals surface area contributed by atoms with Gasteiger partial charge in [-0.25, -0.2) is 19.9 Å². The van der Waals surface area contributed by atoms with E-state index in [1.54, 1.807) is 24.9 Å². The summed E-state index contributed by atoms with van der Waals surface area (Å²) in [6, 6.07) is 10.9. The summed E-state index contributed by atoms with van der Waals surface area (Å²) in [6.07, 6.45) is 1.58. The van der Waals surface area contributed by atoms with Gasteiger partial charge in [0.05, 0.1) is 26.4 Å². The molecule has 1 saturated carbocycles. The van der Waals surface area contributed by atoms with E-state index in [4.69, 9.17) is 35.8 Å². The zero-order valence-corrected chi connectivity index (χ0v) is 21.6. The van der Waals surface area contributed by atoms with E-state index in [2.05, 4.69) is 14.7 Å². The molecule has 0 radical (unpaired) electrons. The van der Waals surface area contributed by atoms with Gasteiger partial charge in [0.1, 0.15) is 22.9 Å². The number of para-hydroxylation sites is 1. The van der Waals surface area contributed by atoms with E-state index in [1.807, 2.05) is 37.3 Å². The van der Waals surface area contributed by atoms with Gasteiger partial charge in [-0.05, 0) is 49.9 Å². The molecule has 3 aromatic heterocycles. The van der Waals surface area contributed by atoms with E-state index < -0.39 is 5.60 Å². The Morgan fingerprint density at radius 1 is 1.06 bits per heavy atom. The molecule has 1 aliphatic rings. The van der Waals surface area contributed by atoms with E-state index >= 15 is 0 Å². The van der Waals surface area contributed by atoms with Crippen LogP contribution in [0, 0.1) is 0 Å². The number of fused-ring (bicyclic) bond motifs is 1. The average Bonchev–Trinajstić information content (AvgIpc) is 3.51. The fourth-order valence-electron chi connectivity index (χ4n) is 3.67. The van der Waals surface area contributed by atoms with Gasteiger partial charge in [0, 0.05) is 11.8 Å². The number of benzene rings is 1. The molecule has 1 aliphatic carbocycles. The molecule has 0 unspecified atom stereocenters. The number of imidazole rings is 1. The molecule has 0 aliphatic heterocycles. The number of nitrogens with zero attached hydrogens (tertiary/aromatic N) is 5. The van der Waals surface area contributed by atoms with Crippen molar-refractivity contribution in [2.24, 2.45) is 0 Å². The number of anilines is 1. The van der Waals surface area contributed by atoms with Crippen LogP contribution in [0.3, 0.4) is 0 Å². The monoisotopic (exact) mass is 528 g/mol. The van der Waals surface area contributed by atoms with Gasteiger partial charge in [-0.2, -0.15) is 0 Å². The van der Waals surface area contributed by atoms with Crippen LogP contribution in [0.25, 0.3) is 28.5 Å². The lowest BCUT2D eigenvalue weighted by molar-refractivity contribution is 0.177. The highest BCUT2D eigenvalue weighted by molar-refractivity contribution is 8.00. The number of aliphatic hydroxyl groups is 1. The average molecular weight is 529 g/mol. The van der Waals surface area contributed by atoms with Crippen LogP contribution in [0.5, 0.6) is 17.4 Å². The summed E-state index contributed by atoms with van der Waals surface area (Å²) in [7, 11) is 3.17. The maximum Gasteiger partial charge on any atom is 0.213 e. The van der Waals surface area contributed by atoms with Crippen LogP contribution in [0.15, 0.2) is 36.4 Å². The highest BCUT2D eigenvalue weighted by Crippen LogP contribution is 2.40. The molecule has 10 nitrogen and oxygen atoms in total. The number of halogens is 1. The first-order valence-electron chi connectivity index (χ1n) is 11.3. The minimum atomic E-state index is -0.626. The van der Waals surface area contributed by atoms with Crippen molar-refractivity contribution in [1.29, 1.82) is 0 Å². The fourth-order valence-corrected chi connectivity index (χ4v) is 4.80. The molecule has 188 valence electrons. The molecule has 36 heavy (non-hydrogen) atoms. The number of methoxy groups -OCH3 is 2. The van der Waals surface area contributed by atoms with Crippen LogP contribution in [0.4, 0.5) is 5.82 Å². The van der Waals surface area contributed by atoms with Gasteiger partial charge < -0.3 is 24.0 Å². The molecule has 5 rings (SSSR count). The second-order valence-electron chi connectivity index (χ2n) is 8.20. The van der Waals surface area contributed by atoms with Crippen molar-refractivity contribution in [3.8, 4) is 34.6 Å². The Kier molecular flexibility index (Phi) is 6.78. The number of hydrogen-bond acceptors (Lipinski definition) is 10. The van der Waals surface area contributed by atoms with E-state index in [-0.39, 0.29) is 5.15 Å². The van der Waals surface area contributed by atoms with Crippen molar-refractivity contribution in [3.05, 3.63) is 41.6 Å². The molecule has 12 heteroatoms. The highest BCUT2D eigenvalue weighted by Gasteiger charge is 2.40. The van der Waals surface area contributed by atoms with Crippen LogP contribution in [-0.4, -0.2) is 61.8 Å². The topological polar surface area (TPSA) is 116 Å². The number of ether oxygens (including phenoxy) is 3. The summed E-state index contributed by atoms with van der Waals surface area (Å²) < 4.78 is 21.9. The van der Waals surface area contributed by atoms with Gasteiger partial charge in [0.25, 0.3) is 0 Å². The van der Waals surface area contributed by atoms with Gasteiger partial charge >= 0.3 is 0 Å². The predicted molar refractivity (Wildman–Crippen MR) is 139 cm³/mol. The molecule has 3 heterocycles. The second-order valence-corrected chi connectivity index (χ2v) is 9.34. The quantitative estimate of drug-likeness (QED) is 0.284. The lowest BCUT2D eigenvalue weighted by atomic mass is 10.2. The third-order valence-corrected chi connectivity index (χ3v) is 6.94. The summed E-state index contributed by atoms with van der Waals surface area (Å²) in [4.78, 5) is 18.6. The number of hydrogen-bond donors (Lipinski definition) is 2. The molecule has 4 aromatic rings. The van der Waals surface area contributed by atoms with Crippen molar-refractivity contribution in [3.63, 3.8) is 0 Å². The molecule has 1 fully saturated rings. The molecule has 0 amide bonds. The number of rotatable bonds is 10. The first-order chi connectivity index (χ1) is 17.5. The Hall–Kier alpha value is -3.28. The summed E-state index contributed by atoms with van der Waals surface area (Å²) in [6.45, 7) is 2.38. The van der Waals surface area contributed by atoms with Crippen molar-refractivity contribution >= 4 is 40.7 Å². The molecule has 1 aromatic carbocycles. The first-order valence-corrected chi connectivity index (χ1v) is 12.7. The maximum absolute atomic E-state index is 10.2. The molecular formula is C24H25ClN6O4S. The van der Waals surface area contributed by atoms with Crippen molar-refractivity contribution < 1.29 is 19.3 Å². The lowest BCUT2D eigenvalue weighted by Gasteiger charge is -2.16. The standard InChI is InChI=1S/C24H25ClN6O4S/c1-4-35-17-10-5-7-14(26-17)22-29-21-23(31(22)18-15(33-2)8-6-9-16(18)34-3)28-20(19(25)27-21)30-36-13-24(32)11-12-24/h5-10,32H,4,11-13H2,1-3H3,(H,28,30). The van der Waals surface area contributed by atoms with Crippen molar-refractivity contribution in [2.45, 2.75) is 25.4 Å². The van der Waals surface area contributed by atoms with Crippen LogP contribution in [-0.2, 0) is 0 Å². The van der Waals surface area contributed by atoms with Gasteiger partial charge in [-0.3, -0.25) is 4.57 Å². The van der Waals surface area contributed by atoms with Crippen LogP contribution in [0.2, 0.25) is 5.15 Å². The smallest absolute Gasteiger partial charge is 0.213 e. The van der Waals surface area contributed by atoms with Crippen LogP contribution >= 0.6 is 23.5 Å². The highest BCUT2D eigenvalue weighted by atomic mass is 35.5. The molecule has 2 N–H and O–H groups in total. The van der Waals surface area contributed by atoms with E-state index in [1.165, 1.54) is 11.9 Å². The summed E-state index contributed by atoms with van der Waals surface area (Å²) in [5.74, 6) is 2.90. The Morgan fingerprint density at radius 3 is 2.44 bits per heavy atom. The van der Waals surface area contributed by atoms with Gasteiger partial charge in [0.15, 0.2) is 28.1 Å². The minimum Gasteiger partial charge on any atom is -0.494 e. The summed E-state index contributed by atoms with van der Waals surface area (Å²) in [5, 5.41) is 10.3. The van der Waals surface area contributed by atoms with E-state index in [9.17, 15) is 5.11 Å². The second kappa shape index (κ2) is 10.00. The van der Waals surface area contributed by atoms with Crippen LogP contribution in [0.1, 0.15) is 19.8 Å². The van der Waals surface area contributed by atoms with E-state index in [0.29, 0.717) is 64.1 Å². The Balaban J connectivity index is 1.71. The van der Waals surface area contributed by atoms with Crippen molar-refractivity contribution in [1.82, 2.24) is 24.5 Å². The summed E-state index contributed by atoms with van der Waals surface area (Å²) >= 11 is 7.79. The molecule has 0 spiro atoms. The van der Waals surface area contributed by atoms with Crippen molar-refractivity contribution in [2.75, 3.05) is 31.3 Å². The normalized spacial score (nSPS) is 14.0. The Labute approximate surface area is 217 Å². The maximum atomic E-state index is 10.2. The Bertz CT molecular complexity index is 1390. The molecular weight excluding hydrogens is 504 g/mol. The predicted octanol–water partition coefficient (Wildman–Crippen LogP) is 4.53. The molecule has 0 atom stereocenters. The fraction of sp³-hybridized carbons (Fsp3) is 0.333. The first kappa shape index (κ1) is 24.4. The van der Waals surface area contributed by atoms with E-state index in [0.717, 1.165) is 12.8 Å². The number of nitrogens with one attached hydrogen (secondary N) is 1. The lowest BCUT2D eigenvalue weighted by Crippen LogP contribution is -2.12. The van der Waals surface area contributed by atoms with Gasteiger partial charge in [0.2, 0.25) is 5.88 Å². The minimum absolute atomic E-state index is 0.164. The third-order valence-electron chi connectivity index (χ3n) is 5.66. The third kappa shape index (κ3) is 4.73. The SMILES string of the molecule is CCOc1cccc(-c2nc3nc(Cl)c(NSCC4(O)CC4)nc3n2-c2c(OC)cccc2OC)n1. The Morgan fingerprint density at radius 2 is 1.78 bits per heavy atom. The van der Waals surface area contributed by atoms with Crippen LogP contribution < -0.4 is 18.9 Å². The van der Waals surface area contributed by atoms with Gasteiger partial charge in [-0.1, -0.05) is 23.7 Å². The largest absolute Gasteiger partial charge is 0.494 e. The molecule has 0 bridgehead atoms.